The van der Waals surface area contributed by atoms with Gasteiger partial charge in [-0.15, -0.1) is 11.3 Å². The molecular formula is C20H18N4O2S. The molecule has 6 nitrogen and oxygen atoms in total. The topological polar surface area (TPSA) is 73.0 Å². The summed E-state index contributed by atoms with van der Waals surface area (Å²) in [4.78, 5) is 17.6. The van der Waals surface area contributed by atoms with E-state index in [0.29, 0.717) is 18.7 Å². The van der Waals surface area contributed by atoms with Crippen molar-refractivity contribution < 1.29 is 9.32 Å². The molecule has 3 aromatic heterocycles. The molecular weight excluding hydrogens is 360 g/mol. The quantitative estimate of drug-likeness (QED) is 0.533. The molecule has 0 aliphatic heterocycles. The van der Waals surface area contributed by atoms with Crippen LogP contribution in [0.3, 0.4) is 0 Å². The van der Waals surface area contributed by atoms with Crippen LogP contribution in [0.2, 0.25) is 0 Å². The number of nitrogens with zero attached hydrogens (tertiary/aromatic N) is 3. The van der Waals surface area contributed by atoms with Gasteiger partial charge in [0.1, 0.15) is 5.82 Å². The van der Waals surface area contributed by atoms with E-state index in [4.69, 9.17) is 4.52 Å². The fourth-order valence-corrected chi connectivity index (χ4v) is 3.46. The smallest absolute Gasteiger partial charge is 0.273 e. The first-order valence-electron chi connectivity index (χ1n) is 8.62. The molecule has 1 aromatic carbocycles. The summed E-state index contributed by atoms with van der Waals surface area (Å²) in [6.45, 7) is 1.24. The minimum atomic E-state index is -0.247. The van der Waals surface area contributed by atoms with Crippen LogP contribution in [-0.4, -0.2) is 27.2 Å². The van der Waals surface area contributed by atoms with Crippen LogP contribution in [0, 0.1) is 0 Å². The molecule has 136 valence electrons. The Hall–Kier alpha value is -3.19. The van der Waals surface area contributed by atoms with Crippen LogP contribution in [0.1, 0.15) is 21.9 Å². The second-order valence-corrected chi connectivity index (χ2v) is 6.96. The van der Waals surface area contributed by atoms with E-state index in [0.717, 1.165) is 17.2 Å². The summed E-state index contributed by atoms with van der Waals surface area (Å²) in [5, 5.41) is 8.69. The number of carbonyl (C=O) groups is 1. The molecule has 1 amide bonds. The maximum atomic E-state index is 12.3. The lowest BCUT2D eigenvalue weighted by atomic mass is 10.2. The van der Waals surface area contributed by atoms with E-state index in [-0.39, 0.29) is 11.6 Å². The molecule has 0 aliphatic carbocycles. The average Bonchev–Trinajstić information content (AvgIpc) is 3.44. The number of benzene rings is 1. The number of rotatable bonds is 7. The Morgan fingerprint density at radius 2 is 2.07 bits per heavy atom. The summed E-state index contributed by atoms with van der Waals surface area (Å²) in [6.07, 6.45) is 4.38. The Morgan fingerprint density at radius 3 is 2.89 bits per heavy atom. The summed E-state index contributed by atoms with van der Waals surface area (Å²) in [5.74, 6) is 1.29. The van der Waals surface area contributed by atoms with Crippen LogP contribution in [0.4, 0.5) is 0 Å². The van der Waals surface area contributed by atoms with Crippen LogP contribution < -0.4 is 5.32 Å². The molecule has 7 heteroatoms. The Kier molecular flexibility index (Phi) is 5.11. The predicted octanol–water partition coefficient (Wildman–Crippen LogP) is 3.62. The lowest BCUT2D eigenvalue weighted by Crippen LogP contribution is -2.26. The summed E-state index contributed by atoms with van der Waals surface area (Å²) in [5.41, 5.74) is 1.50. The molecule has 0 saturated carbocycles. The second kappa shape index (κ2) is 8.01. The molecule has 4 aromatic rings. The van der Waals surface area contributed by atoms with Gasteiger partial charge >= 0.3 is 0 Å². The van der Waals surface area contributed by atoms with E-state index >= 15 is 0 Å². The molecule has 0 radical (unpaired) electrons. The SMILES string of the molecule is O=C(NCCc1nccn1Cc1ccccc1)c1cc(-c2cccs2)on1. The lowest BCUT2D eigenvalue weighted by molar-refractivity contribution is 0.0945. The van der Waals surface area contributed by atoms with E-state index < -0.39 is 0 Å². The van der Waals surface area contributed by atoms with E-state index in [2.05, 4.69) is 32.2 Å². The number of nitrogens with one attached hydrogen (secondary N) is 1. The first-order chi connectivity index (χ1) is 13.3. The number of aromatic nitrogens is 3. The summed E-state index contributed by atoms with van der Waals surface area (Å²) < 4.78 is 7.34. The average molecular weight is 378 g/mol. The number of carbonyl (C=O) groups excluding carboxylic acids is 1. The van der Waals surface area contributed by atoms with Gasteiger partial charge in [-0.05, 0) is 17.0 Å². The lowest BCUT2D eigenvalue weighted by Gasteiger charge is -2.08. The zero-order valence-electron chi connectivity index (χ0n) is 14.5. The van der Waals surface area contributed by atoms with Crippen molar-refractivity contribution in [2.45, 2.75) is 13.0 Å². The van der Waals surface area contributed by atoms with Crippen molar-refractivity contribution in [2.75, 3.05) is 6.54 Å². The normalized spacial score (nSPS) is 10.8. The van der Waals surface area contributed by atoms with Crippen molar-refractivity contribution in [1.82, 2.24) is 20.0 Å². The van der Waals surface area contributed by atoms with Gasteiger partial charge in [0.25, 0.3) is 5.91 Å². The Balaban J connectivity index is 1.33. The highest BCUT2D eigenvalue weighted by Gasteiger charge is 2.14. The standard InChI is InChI=1S/C20H18N4O2S/c25-20(16-13-17(26-23-16)18-7-4-12-27-18)22-9-8-19-21-10-11-24(19)14-15-5-2-1-3-6-15/h1-7,10-13H,8-9,14H2,(H,22,25). The van der Waals surface area contributed by atoms with Gasteiger partial charge in [0, 0.05) is 38.0 Å². The van der Waals surface area contributed by atoms with Gasteiger partial charge in [0.15, 0.2) is 11.5 Å². The number of thiophene rings is 1. The molecule has 4 rings (SSSR count). The van der Waals surface area contributed by atoms with E-state index in [9.17, 15) is 4.79 Å². The minimum absolute atomic E-state index is 0.247. The third-order valence-corrected chi connectivity index (χ3v) is 5.02. The fraction of sp³-hybridized carbons (Fsp3) is 0.150. The Labute approximate surface area is 160 Å². The second-order valence-electron chi connectivity index (χ2n) is 6.02. The van der Waals surface area contributed by atoms with Crippen molar-refractivity contribution in [3.63, 3.8) is 0 Å². The van der Waals surface area contributed by atoms with Gasteiger partial charge in [0.2, 0.25) is 0 Å². The van der Waals surface area contributed by atoms with Crippen molar-refractivity contribution in [3.05, 3.63) is 83.4 Å². The predicted molar refractivity (Wildman–Crippen MR) is 104 cm³/mol. The summed E-state index contributed by atoms with van der Waals surface area (Å²) in [6, 6.07) is 15.7. The van der Waals surface area contributed by atoms with E-state index in [1.54, 1.807) is 23.6 Å². The Morgan fingerprint density at radius 1 is 1.19 bits per heavy atom. The highest BCUT2D eigenvalue weighted by atomic mass is 32.1. The Bertz CT molecular complexity index is 1010. The van der Waals surface area contributed by atoms with E-state index in [1.165, 1.54) is 5.56 Å². The first kappa shape index (κ1) is 17.2. The van der Waals surface area contributed by atoms with Crippen molar-refractivity contribution in [1.29, 1.82) is 0 Å². The number of amides is 1. The molecule has 0 saturated heterocycles. The molecule has 3 heterocycles. The molecule has 0 bridgehead atoms. The van der Waals surface area contributed by atoms with Crippen LogP contribution in [-0.2, 0) is 13.0 Å². The van der Waals surface area contributed by atoms with Gasteiger partial charge in [-0.3, -0.25) is 4.79 Å². The summed E-state index contributed by atoms with van der Waals surface area (Å²) in [7, 11) is 0. The van der Waals surface area contributed by atoms with Crippen LogP contribution in [0.5, 0.6) is 0 Å². The molecule has 0 atom stereocenters. The zero-order valence-corrected chi connectivity index (χ0v) is 15.4. The summed E-state index contributed by atoms with van der Waals surface area (Å²) >= 11 is 1.54. The number of hydrogen-bond donors (Lipinski definition) is 1. The van der Waals surface area contributed by atoms with Gasteiger partial charge in [-0.2, -0.15) is 0 Å². The van der Waals surface area contributed by atoms with Crippen molar-refractivity contribution >= 4 is 17.2 Å². The zero-order chi connectivity index (χ0) is 18.5. The van der Waals surface area contributed by atoms with Gasteiger partial charge < -0.3 is 14.4 Å². The van der Waals surface area contributed by atoms with Crippen LogP contribution >= 0.6 is 11.3 Å². The van der Waals surface area contributed by atoms with Crippen molar-refractivity contribution in [2.24, 2.45) is 0 Å². The minimum Gasteiger partial charge on any atom is -0.355 e. The third kappa shape index (κ3) is 4.15. The maximum absolute atomic E-state index is 12.3. The van der Waals surface area contributed by atoms with E-state index in [1.807, 2.05) is 41.9 Å². The molecule has 27 heavy (non-hydrogen) atoms. The fourth-order valence-electron chi connectivity index (χ4n) is 2.79. The van der Waals surface area contributed by atoms with Crippen molar-refractivity contribution in [3.8, 4) is 10.6 Å². The van der Waals surface area contributed by atoms with Crippen LogP contribution in [0.25, 0.3) is 10.6 Å². The molecule has 0 spiro atoms. The maximum Gasteiger partial charge on any atom is 0.273 e. The monoisotopic (exact) mass is 378 g/mol. The molecule has 1 N–H and O–H groups in total. The van der Waals surface area contributed by atoms with Gasteiger partial charge in [-0.1, -0.05) is 41.6 Å². The largest absolute Gasteiger partial charge is 0.355 e. The number of hydrogen-bond acceptors (Lipinski definition) is 5. The highest BCUT2D eigenvalue weighted by molar-refractivity contribution is 7.13. The molecule has 0 aliphatic rings. The van der Waals surface area contributed by atoms with Gasteiger partial charge in [-0.25, -0.2) is 4.98 Å². The highest BCUT2D eigenvalue weighted by Crippen LogP contribution is 2.25. The molecule has 0 fully saturated rings. The molecule has 0 unspecified atom stereocenters. The van der Waals surface area contributed by atoms with Crippen LogP contribution in [0.15, 0.2) is 70.8 Å². The first-order valence-corrected chi connectivity index (χ1v) is 9.50. The van der Waals surface area contributed by atoms with Gasteiger partial charge in [0.05, 0.1) is 4.88 Å². The third-order valence-electron chi connectivity index (χ3n) is 4.14. The number of imidazole rings is 1.